The molecule has 0 aliphatic carbocycles. The van der Waals surface area contributed by atoms with E-state index in [1.807, 2.05) is 43.4 Å². The number of rotatable bonds is 5. The molecule has 1 aromatic carbocycles. The Balaban J connectivity index is 2.72. The first-order valence-corrected chi connectivity index (χ1v) is 5.73. The third-order valence-corrected chi connectivity index (χ3v) is 2.70. The van der Waals surface area contributed by atoms with E-state index >= 15 is 0 Å². The molecular weight excluding hydrogens is 222 g/mol. The zero-order chi connectivity index (χ0) is 12.2. The van der Waals surface area contributed by atoms with Crippen LogP contribution in [0.1, 0.15) is 12.5 Å². The van der Waals surface area contributed by atoms with Crippen LogP contribution >= 0.6 is 11.6 Å². The van der Waals surface area contributed by atoms with Gasteiger partial charge in [-0.2, -0.15) is 0 Å². The molecule has 3 nitrogen and oxygen atoms in total. The number of nitrogens with one attached hydrogen (secondary N) is 1. The zero-order valence-electron chi connectivity index (χ0n) is 10.1. The average Bonchev–Trinajstić information content (AvgIpc) is 2.20. The Labute approximate surface area is 103 Å². The van der Waals surface area contributed by atoms with E-state index < -0.39 is 0 Å². The molecule has 0 spiro atoms. The topological polar surface area (TPSA) is 41.3 Å². The highest BCUT2D eigenvalue weighted by Gasteiger charge is 2.23. The van der Waals surface area contributed by atoms with Gasteiger partial charge in [0.15, 0.2) is 0 Å². The van der Waals surface area contributed by atoms with E-state index in [0.717, 1.165) is 11.4 Å². The number of hydrogen-bond acceptors (Lipinski definition) is 3. The highest BCUT2D eigenvalue weighted by molar-refractivity contribution is 6.30. The van der Waals surface area contributed by atoms with Gasteiger partial charge in [0, 0.05) is 31.2 Å². The summed E-state index contributed by atoms with van der Waals surface area (Å²) >= 11 is 5.85. The molecule has 90 valence electrons. The Morgan fingerprint density at radius 2 is 1.88 bits per heavy atom. The molecule has 0 aromatic heterocycles. The van der Waals surface area contributed by atoms with E-state index in [-0.39, 0.29) is 5.54 Å². The van der Waals surface area contributed by atoms with Crippen LogP contribution in [0.5, 0.6) is 0 Å². The molecular formula is C12H20ClN3. The molecule has 0 aliphatic heterocycles. The number of nitrogens with two attached hydrogens (primary N) is 1. The van der Waals surface area contributed by atoms with Crippen molar-refractivity contribution in [1.82, 2.24) is 10.4 Å². The van der Waals surface area contributed by atoms with E-state index in [0.29, 0.717) is 6.54 Å². The second-order valence-electron chi connectivity index (χ2n) is 4.57. The first kappa shape index (κ1) is 13.5. The van der Waals surface area contributed by atoms with Crippen LogP contribution < -0.4 is 11.2 Å². The SMILES string of the molecule is CN(C)NC(C)(CN)Cc1ccc(Cl)cc1. The first-order chi connectivity index (χ1) is 7.45. The number of hydrazine groups is 1. The van der Waals surface area contributed by atoms with Gasteiger partial charge >= 0.3 is 0 Å². The Morgan fingerprint density at radius 1 is 1.31 bits per heavy atom. The highest BCUT2D eigenvalue weighted by atomic mass is 35.5. The summed E-state index contributed by atoms with van der Waals surface area (Å²) in [6.07, 6.45) is 0.874. The molecule has 0 radical (unpaired) electrons. The van der Waals surface area contributed by atoms with Crippen LogP contribution in [-0.4, -0.2) is 31.2 Å². The predicted molar refractivity (Wildman–Crippen MR) is 69.4 cm³/mol. The van der Waals surface area contributed by atoms with Crippen molar-refractivity contribution in [2.75, 3.05) is 20.6 Å². The Hall–Kier alpha value is -0.610. The Morgan fingerprint density at radius 3 is 2.31 bits per heavy atom. The normalized spacial score (nSPS) is 15.1. The summed E-state index contributed by atoms with van der Waals surface area (Å²) in [5, 5.41) is 2.70. The van der Waals surface area contributed by atoms with Gasteiger partial charge in [-0.05, 0) is 31.0 Å². The van der Waals surface area contributed by atoms with Gasteiger partial charge in [0.1, 0.15) is 0 Å². The number of halogens is 1. The molecule has 1 atom stereocenters. The van der Waals surface area contributed by atoms with Crippen molar-refractivity contribution >= 4 is 11.6 Å². The lowest BCUT2D eigenvalue weighted by Gasteiger charge is -2.33. The summed E-state index contributed by atoms with van der Waals surface area (Å²) in [6.45, 7) is 2.69. The van der Waals surface area contributed by atoms with E-state index in [2.05, 4.69) is 12.3 Å². The molecule has 0 bridgehead atoms. The van der Waals surface area contributed by atoms with Gasteiger partial charge < -0.3 is 5.73 Å². The molecule has 0 amide bonds. The fraction of sp³-hybridized carbons (Fsp3) is 0.500. The molecule has 0 heterocycles. The van der Waals surface area contributed by atoms with Gasteiger partial charge in [-0.1, -0.05) is 23.7 Å². The lowest BCUT2D eigenvalue weighted by Crippen LogP contribution is -2.55. The van der Waals surface area contributed by atoms with Crippen LogP contribution in [-0.2, 0) is 6.42 Å². The molecule has 1 rings (SSSR count). The van der Waals surface area contributed by atoms with Crippen molar-refractivity contribution in [3.05, 3.63) is 34.9 Å². The van der Waals surface area contributed by atoms with Crippen molar-refractivity contribution < 1.29 is 0 Å². The fourth-order valence-corrected chi connectivity index (χ4v) is 1.88. The molecule has 0 saturated heterocycles. The summed E-state index contributed by atoms with van der Waals surface area (Å²) in [7, 11) is 3.94. The minimum absolute atomic E-state index is 0.128. The summed E-state index contributed by atoms with van der Waals surface area (Å²) in [6, 6.07) is 7.88. The van der Waals surface area contributed by atoms with E-state index in [4.69, 9.17) is 17.3 Å². The smallest absolute Gasteiger partial charge is 0.0459 e. The quantitative estimate of drug-likeness (QED) is 0.771. The van der Waals surface area contributed by atoms with Crippen LogP contribution in [0.2, 0.25) is 5.02 Å². The first-order valence-electron chi connectivity index (χ1n) is 5.35. The van der Waals surface area contributed by atoms with Crippen LogP contribution in [0.4, 0.5) is 0 Å². The third kappa shape index (κ3) is 4.10. The van der Waals surface area contributed by atoms with Crippen LogP contribution in [0, 0.1) is 0 Å². The van der Waals surface area contributed by atoms with Gasteiger partial charge in [-0.15, -0.1) is 0 Å². The van der Waals surface area contributed by atoms with Crippen molar-refractivity contribution in [1.29, 1.82) is 0 Å². The highest BCUT2D eigenvalue weighted by Crippen LogP contribution is 2.15. The molecule has 1 unspecified atom stereocenters. The molecule has 16 heavy (non-hydrogen) atoms. The van der Waals surface area contributed by atoms with Gasteiger partial charge in [0.25, 0.3) is 0 Å². The molecule has 0 aliphatic rings. The van der Waals surface area contributed by atoms with Crippen LogP contribution in [0.3, 0.4) is 0 Å². The second kappa shape index (κ2) is 5.64. The minimum Gasteiger partial charge on any atom is -0.329 e. The van der Waals surface area contributed by atoms with Crippen molar-refractivity contribution in [2.24, 2.45) is 5.73 Å². The van der Waals surface area contributed by atoms with Gasteiger partial charge in [-0.25, -0.2) is 5.43 Å². The number of hydrogen-bond donors (Lipinski definition) is 2. The fourth-order valence-electron chi connectivity index (χ4n) is 1.75. The van der Waals surface area contributed by atoms with E-state index in [9.17, 15) is 0 Å². The van der Waals surface area contributed by atoms with Gasteiger partial charge in [-0.3, -0.25) is 5.01 Å². The maximum Gasteiger partial charge on any atom is 0.0459 e. The summed E-state index contributed by atoms with van der Waals surface area (Å²) < 4.78 is 0. The summed E-state index contributed by atoms with van der Waals surface area (Å²) in [4.78, 5) is 0. The lowest BCUT2D eigenvalue weighted by atomic mass is 9.94. The van der Waals surface area contributed by atoms with E-state index in [1.54, 1.807) is 0 Å². The molecule has 0 saturated carbocycles. The summed E-state index contributed by atoms with van der Waals surface area (Å²) in [5.41, 5.74) is 10.3. The Bertz CT molecular complexity index is 324. The maximum absolute atomic E-state index is 5.85. The maximum atomic E-state index is 5.85. The van der Waals surface area contributed by atoms with Crippen LogP contribution in [0.25, 0.3) is 0 Å². The van der Waals surface area contributed by atoms with Gasteiger partial charge in [0.05, 0.1) is 0 Å². The van der Waals surface area contributed by atoms with Crippen molar-refractivity contribution in [3.63, 3.8) is 0 Å². The lowest BCUT2D eigenvalue weighted by molar-refractivity contribution is 0.175. The largest absolute Gasteiger partial charge is 0.329 e. The predicted octanol–water partition coefficient (Wildman–Crippen LogP) is 1.67. The third-order valence-electron chi connectivity index (χ3n) is 2.45. The minimum atomic E-state index is -0.128. The van der Waals surface area contributed by atoms with Crippen molar-refractivity contribution in [3.8, 4) is 0 Å². The number of nitrogens with zero attached hydrogens (tertiary/aromatic N) is 1. The molecule has 3 N–H and O–H groups in total. The van der Waals surface area contributed by atoms with Gasteiger partial charge in [0.2, 0.25) is 0 Å². The monoisotopic (exact) mass is 241 g/mol. The summed E-state index contributed by atoms with van der Waals surface area (Å²) in [5.74, 6) is 0. The molecule has 4 heteroatoms. The van der Waals surface area contributed by atoms with Crippen molar-refractivity contribution in [2.45, 2.75) is 18.9 Å². The second-order valence-corrected chi connectivity index (χ2v) is 5.01. The zero-order valence-corrected chi connectivity index (χ0v) is 10.9. The molecule has 1 aromatic rings. The number of benzene rings is 1. The molecule has 0 fully saturated rings. The van der Waals surface area contributed by atoms with E-state index in [1.165, 1.54) is 5.56 Å². The Kier molecular flexibility index (Phi) is 4.74. The average molecular weight is 242 g/mol. The van der Waals surface area contributed by atoms with Crippen LogP contribution in [0.15, 0.2) is 24.3 Å². The standard InChI is InChI=1S/C12H20ClN3/c1-12(9-14,15-16(2)3)8-10-4-6-11(13)7-5-10/h4-7,15H,8-9,14H2,1-3H3.